The Bertz CT molecular complexity index is 483. The summed E-state index contributed by atoms with van der Waals surface area (Å²) in [5, 5.41) is 20.7. The number of carbonyl (C=O) groups is 1. The lowest BCUT2D eigenvalue weighted by Crippen LogP contribution is -2.21. The van der Waals surface area contributed by atoms with Gasteiger partial charge in [0.1, 0.15) is 0 Å². The molecule has 1 aliphatic rings. The van der Waals surface area contributed by atoms with Crippen molar-refractivity contribution in [1.82, 2.24) is 0 Å². The van der Waals surface area contributed by atoms with E-state index in [9.17, 15) is 15.0 Å². The molecule has 0 heterocycles. The normalized spacial score (nSPS) is 24.9. The third-order valence-corrected chi connectivity index (χ3v) is 5.77. The zero-order valence-electron chi connectivity index (χ0n) is 18.9. The van der Waals surface area contributed by atoms with Crippen molar-refractivity contribution in [2.75, 3.05) is 0 Å². The molecule has 4 heteroatoms. The third-order valence-electron chi connectivity index (χ3n) is 5.77. The Labute approximate surface area is 178 Å². The lowest BCUT2D eigenvalue weighted by atomic mass is 9.87. The van der Waals surface area contributed by atoms with Crippen molar-refractivity contribution in [2.45, 2.75) is 116 Å². The first-order valence-corrected chi connectivity index (χ1v) is 11.8. The van der Waals surface area contributed by atoms with Crippen LogP contribution in [0.2, 0.25) is 0 Å². The van der Waals surface area contributed by atoms with Gasteiger partial charge in [0.05, 0.1) is 18.3 Å². The SMILES string of the molecule is CCCCCCC=CCC[C@@H]1[C@@H](CC=CCCCC(=O)OC(C)C)[C@@H](O)C[C@H]1O. The molecule has 168 valence electrons. The van der Waals surface area contributed by atoms with Gasteiger partial charge in [-0.25, -0.2) is 0 Å². The highest BCUT2D eigenvalue weighted by atomic mass is 16.5. The van der Waals surface area contributed by atoms with Gasteiger partial charge < -0.3 is 14.9 Å². The smallest absolute Gasteiger partial charge is 0.306 e. The van der Waals surface area contributed by atoms with Crippen LogP contribution in [0, 0.1) is 11.8 Å². The second-order valence-electron chi connectivity index (χ2n) is 8.73. The van der Waals surface area contributed by atoms with Gasteiger partial charge in [0.25, 0.3) is 0 Å². The van der Waals surface area contributed by atoms with Gasteiger partial charge >= 0.3 is 5.97 Å². The molecule has 0 spiro atoms. The van der Waals surface area contributed by atoms with E-state index in [-0.39, 0.29) is 23.9 Å². The molecule has 0 aromatic heterocycles. The van der Waals surface area contributed by atoms with E-state index in [1.807, 2.05) is 13.8 Å². The largest absolute Gasteiger partial charge is 0.463 e. The molecule has 0 saturated heterocycles. The van der Waals surface area contributed by atoms with E-state index in [0.717, 1.165) is 38.5 Å². The number of aliphatic hydroxyl groups is 2. The maximum absolute atomic E-state index is 11.5. The minimum Gasteiger partial charge on any atom is -0.463 e. The van der Waals surface area contributed by atoms with Crippen LogP contribution in [0.1, 0.15) is 97.8 Å². The summed E-state index contributed by atoms with van der Waals surface area (Å²) in [4.78, 5) is 11.5. The summed E-state index contributed by atoms with van der Waals surface area (Å²) in [6.07, 6.45) is 19.4. The molecular weight excluding hydrogens is 364 g/mol. The van der Waals surface area contributed by atoms with Crippen molar-refractivity contribution < 1.29 is 19.7 Å². The fourth-order valence-electron chi connectivity index (χ4n) is 4.18. The van der Waals surface area contributed by atoms with E-state index in [2.05, 4.69) is 31.2 Å². The van der Waals surface area contributed by atoms with E-state index >= 15 is 0 Å². The van der Waals surface area contributed by atoms with Gasteiger partial charge in [-0.1, -0.05) is 50.5 Å². The monoisotopic (exact) mass is 408 g/mol. The molecule has 1 fully saturated rings. The molecule has 4 atom stereocenters. The first-order valence-electron chi connectivity index (χ1n) is 11.8. The highest BCUT2D eigenvalue weighted by molar-refractivity contribution is 5.69. The zero-order valence-corrected chi connectivity index (χ0v) is 18.9. The maximum Gasteiger partial charge on any atom is 0.306 e. The first kappa shape index (κ1) is 25.9. The van der Waals surface area contributed by atoms with Crippen molar-refractivity contribution in [3.05, 3.63) is 24.3 Å². The number of rotatable bonds is 15. The number of carbonyl (C=O) groups excluding carboxylic acids is 1. The highest BCUT2D eigenvalue weighted by Gasteiger charge is 2.40. The predicted molar refractivity (Wildman–Crippen MR) is 120 cm³/mol. The molecule has 0 aromatic rings. The van der Waals surface area contributed by atoms with Crippen LogP contribution in [0.3, 0.4) is 0 Å². The molecule has 29 heavy (non-hydrogen) atoms. The second kappa shape index (κ2) is 15.7. The van der Waals surface area contributed by atoms with Crippen molar-refractivity contribution in [3.63, 3.8) is 0 Å². The molecule has 0 bridgehead atoms. The van der Waals surface area contributed by atoms with Gasteiger partial charge in [0.15, 0.2) is 0 Å². The van der Waals surface area contributed by atoms with Gasteiger partial charge in [-0.05, 0) is 77.0 Å². The van der Waals surface area contributed by atoms with Crippen LogP contribution in [0.5, 0.6) is 0 Å². The summed E-state index contributed by atoms with van der Waals surface area (Å²) < 4.78 is 5.13. The van der Waals surface area contributed by atoms with Crippen molar-refractivity contribution >= 4 is 5.97 Å². The van der Waals surface area contributed by atoms with Gasteiger partial charge in [0, 0.05) is 6.42 Å². The fraction of sp³-hybridized carbons (Fsp3) is 0.800. The van der Waals surface area contributed by atoms with E-state index in [0.29, 0.717) is 12.8 Å². The van der Waals surface area contributed by atoms with Gasteiger partial charge in [0.2, 0.25) is 0 Å². The number of allylic oxidation sites excluding steroid dienone is 4. The number of unbranched alkanes of at least 4 members (excludes halogenated alkanes) is 5. The molecule has 0 aliphatic heterocycles. The molecule has 0 unspecified atom stereocenters. The van der Waals surface area contributed by atoms with Crippen LogP contribution >= 0.6 is 0 Å². The average Bonchev–Trinajstić information content (AvgIpc) is 2.92. The first-order chi connectivity index (χ1) is 14.0. The summed E-state index contributed by atoms with van der Waals surface area (Å²) in [7, 11) is 0. The molecule has 2 N–H and O–H groups in total. The quantitative estimate of drug-likeness (QED) is 0.207. The number of esters is 1. The minimum atomic E-state index is -0.418. The van der Waals surface area contributed by atoms with Crippen LogP contribution in [-0.4, -0.2) is 34.5 Å². The molecule has 0 amide bonds. The van der Waals surface area contributed by atoms with E-state index in [1.165, 1.54) is 25.7 Å². The Balaban J connectivity index is 2.27. The Hall–Kier alpha value is -1.13. The van der Waals surface area contributed by atoms with Gasteiger partial charge in [-0.2, -0.15) is 0 Å². The number of hydrogen-bond donors (Lipinski definition) is 2. The van der Waals surface area contributed by atoms with E-state index in [4.69, 9.17) is 4.74 Å². The van der Waals surface area contributed by atoms with E-state index in [1.54, 1.807) is 0 Å². The Morgan fingerprint density at radius 1 is 0.931 bits per heavy atom. The third kappa shape index (κ3) is 11.6. The standard InChI is InChI=1S/C25H44O4/c1-4-5-6-7-8-9-10-13-16-21-22(24(27)19-23(21)26)17-14-11-12-15-18-25(28)29-20(2)3/h9-11,14,20-24,26-27H,4-8,12-13,15-19H2,1-3H3/t21-,22-,23-,24+/m1/s1. The molecule has 0 aromatic carbocycles. The zero-order chi connectivity index (χ0) is 21.5. The van der Waals surface area contributed by atoms with Crippen molar-refractivity contribution in [1.29, 1.82) is 0 Å². The summed E-state index contributed by atoms with van der Waals surface area (Å²) >= 11 is 0. The Morgan fingerprint density at radius 2 is 1.59 bits per heavy atom. The average molecular weight is 409 g/mol. The summed E-state index contributed by atoms with van der Waals surface area (Å²) in [6, 6.07) is 0. The van der Waals surface area contributed by atoms with Crippen LogP contribution < -0.4 is 0 Å². The van der Waals surface area contributed by atoms with E-state index < -0.39 is 12.2 Å². The van der Waals surface area contributed by atoms with Crippen LogP contribution in [0.15, 0.2) is 24.3 Å². The second-order valence-corrected chi connectivity index (χ2v) is 8.73. The number of ether oxygens (including phenoxy) is 1. The van der Waals surface area contributed by atoms with Crippen LogP contribution in [0.25, 0.3) is 0 Å². The number of hydrogen-bond acceptors (Lipinski definition) is 4. The van der Waals surface area contributed by atoms with Gasteiger partial charge in [-0.15, -0.1) is 0 Å². The van der Waals surface area contributed by atoms with Crippen LogP contribution in [-0.2, 0) is 9.53 Å². The topological polar surface area (TPSA) is 66.8 Å². The Kier molecular flexibility index (Phi) is 14.0. The summed E-state index contributed by atoms with van der Waals surface area (Å²) in [6.45, 7) is 5.95. The molecule has 1 rings (SSSR count). The van der Waals surface area contributed by atoms with Crippen molar-refractivity contribution in [3.8, 4) is 0 Å². The lowest BCUT2D eigenvalue weighted by Gasteiger charge is -2.21. The Morgan fingerprint density at radius 3 is 2.31 bits per heavy atom. The molecular formula is C25H44O4. The molecule has 0 radical (unpaired) electrons. The minimum absolute atomic E-state index is 0.0545. The molecule has 1 saturated carbocycles. The molecule has 1 aliphatic carbocycles. The van der Waals surface area contributed by atoms with Crippen molar-refractivity contribution in [2.24, 2.45) is 11.8 Å². The van der Waals surface area contributed by atoms with Crippen LogP contribution in [0.4, 0.5) is 0 Å². The lowest BCUT2D eigenvalue weighted by molar-refractivity contribution is -0.147. The van der Waals surface area contributed by atoms with Gasteiger partial charge in [-0.3, -0.25) is 4.79 Å². The maximum atomic E-state index is 11.5. The fourth-order valence-corrected chi connectivity index (χ4v) is 4.18. The summed E-state index contributed by atoms with van der Waals surface area (Å²) in [5.74, 6) is 0.159. The number of aliphatic hydroxyl groups excluding tert-OH is 2. The molecule has 4 nitrogen and oxygen atoms in total. The predicted octanol–water partition coefficient (Wildman–Crippen LogP) is 5.72. The highest BCUT2D eigenvalue weighted by Crippen LogP contribution is 2.38. The summed E-state index contributed by atoms with van der Waals surface area (Å²) in [5.41, 5.74) is 0.